The highest BCUT2D eigenvalue weighted by molar-refractivity contribution is 5.27. The highest BCUT2D eigenvalue weighted by Gasteiger charge is 2.12. The number of rotatable bonds is 8. The van der Waals surface area contributed by atoms with Crippen molar-refractivity contribution in [2.45, 2.75) is 32.2 Å². The molecule has 1 heterocycles. The van der Waals surface area contributed by atoms with E-state index in [4.69, 9.17) is 4.74 Å². The standard InChI is InChI=1S/C16H24N4O/c1-4-9-17-14(11-15-12-20(2)19-18-15)10-13-5-7-16(21-3)8-6-13/h5-8,12,14,17H,4,9-11H2,1-3H3. The first-order valence-corrected chi connectivity index (χ1v) is 7.42. The van der Waals surface area contributed by atoms with Gasteiger partial charge in [-0.2, -0.15) is 0 Å². The fourth-order valence-corrected chi connectivity index (χ4v) is 2.35. The van der Waals surface area contributed by atoms with Gasteiger partial charge in [-0.1, -0.05) is 24.3 Å². The molecule has 0 aliphatic heterocycles. The fraction of sp³-hybridized carbons (Fsp3) is 0.500. The predicted molar refractivity (Wildman–Crippen MR) is 83.5 cm³/mol. The Bertz CT molecular complexity index is 535. The van der Waals surface area contributed by atoms with Crippen molar-refractivity contribution in [2.24, 2.45) is 7.05 Å². The normalized spacial score (nSPS) is 12.3. The number of aryl methyl sites for hydroxylation is 1. The SMILES string of the molecule is CCCNC(Cc1ccc(OC)cc1)Cc1cn(C)nn1. The van der Waals surface area contributed by atoms with Crippen molar-refractivity contribution in [3.63, 3.8) is 0 Å². The predicted octanol–water partition coefficient (Wildman–Crippen LogP) is 1.98. The quantitative estimate of drug-likeness (QED) is 0.807. The van der Waals surface area contributed by atoms with Crippen LogP contribution in [0.2, 0.25) is 0 Å². The summed E-state index contributed by atoms with van der Waals surface area (Å²) < 4.78 is 6.95. The van der Waals surface area contributed by atoms with E-state index in [-0.39, 0.29) is 0 Å². The maximum atomic E-state index is 5.20. The number of hydrogen-bond donors (Lipinski definition) is 1. The van der Waals surface area contributed by atoms with Gasteiger partial charge in [-0.3, -0.25) is 4.68 Å². The zero-order chi connectivity index (χ0) is 15.1. The summed E-state index contributed by atoms with van der Waals surface area (Å²) in [6.45, 7) is 3.20. The summed E-state index contributed by atoms with van der Waals surface area (Å²) in [5.74, 6) is 0.894. The molecular weight excluding hydrogens is 264 g/mol. The third-order valence-corrected chi connectivity index (χ3v) is 3.43. The van der Waals surface area contributed by atoms with Crippen molar-refractivity contribution < 1.29 is 4.74 Å². The summed E-state index contributed by atoms with van der Waals surface area (Å²) in [5, 5.41) is 11.8. The lowest BCUT2D eigenvalue weighted by Gasteiger charge is -2.17. The molecule has 0 bridgehead atoms. The topological polar surface area (TPSA) is 52.0 Å². The van der Waals surface area contributed by atoms with Crippen LogP contribution in [0, 0.1) is 0 Å². The van der Waals surface area contributed by atoms with Crippen LogP contribution in [0.5, 0.6) is 5.75 Å². The smallest absolute Gasteiger partial charge is 0.118 e. The Balaban J connectivity index is 2.00. The van der Waals surface area contributed by atoms with Gasteiger partial charge in [-0.05, 0) is 37.1 Å². The van der Waals surface area contributed by atoms with E-state index in [1.54, 1.807) is 11.8 Å². The molecule has 1 unspecified atom stereocenters. The molecule has 0 saturated carbocycles. The monoisotopic (exact) mass is 288 g/mol. The summed E-state index contributed by atoms with van der Waals surface area (Å²) in [6.07, 6.45) is 4.97. The zero-order valence-electron chi connectivity index (χ0n) is 13.0. The highest BCUT2D eigenvalue weighted by Crippen LogP contribution is 2.14. The van der Waals surface area contributed by atoms with Gasteiger partial charge in [0.2, 0.25) is 0 Å². The van der Waals surface area contributed by atoms with Gasteiger partial charge in [0.25, 0.3) is 0 Å². The largest absolute Gasteiger partial charge is 0.497 e. The van der Waals surface area contributed by atoms with Crippen molar-refractivity contribution >= 4 is 0 Å². The lowest BCUT2D eigenvalue weighted by Crippen LogP contribution is -2.34. The molecule has 114 valence electrons. The van der Waals surface area contributed by atoms with E-state index in [1.165, 1.54) is 5.56 Å². The summed E-state index contributed by atoms with van der Waals surface area (Å²) in [6, 6.07) is 8.63. The molecule has 5 nitrogen and oxygen atoms in total. The first kappa shape index (κ1) is 15.5. The van der Waals surface area contributed by atoms with E-state index < -0.39 is 0 Å². The Labute approximate surface area is 126 Å². The van der Waals surface area contributed by atoms with Gasteiger partial charge >= 0.3 is 0 Å². The number of nitrogens with zero attached hydrogens (tertiary/aromatic N) is 3. The van der Waals surface area contributed by atoms with Crippen molar-refractivity contribution in [2.75, 3.05) is 13.7 Å². The molecule has 1 atom stereocenters. The number of aromatic nitrogens is 3. The fourth-order valence-electron chi connectivity index (χ4n) is 2.35. The van der Waals surface area contributed by atoms with Gasteiger partial charge in [0, 0.05) is 25.7 Å². The van der Waals surface area contributed by atoms with Crippen LogP contribution in [0.15, 0.2) is 30.5 Å². The van der Waals surface area contributed by atoms with Gasteiger partial charge in [0.1, 0.15) is 5.75 Å². The van der Waals surface area contributed by atoms with Crippen LogP contribution in [-0.2, 0) is 19.9 Å². The maximum Gasteiger partial charge on any atom is 0.118 e. The molecule has 0 aliphatic rings. The number of benzene rings is 1. The molecule has 0 saturated heterocycles. The Kier molecular flexibility index (Phi) is 5.75. The lowest BCUT2D eigenvalue weighted by atomic mass is 10.0. The molecule has 1 aromatic heterocycles. The Morgan fingerprint density at radius 3 is 2.57 bits per heavy atom. The van der Waals surface area contributed by atoms with E-state index in [0.717, 1.165) is 37.3 Å². The van der Waals surface area contributed by atoms with Crippen LogP contribution in [0.4, 0.5) is 0 Å². The second kappa shape index (κ2) is 7.78. The number of nitrogens with one attached hydrogen (secondary N) is 1. The summed E-state index contributed by atoms with van der Waals surface area (Å²) >= 11 is 0. The zero-order valence-corrected chi connectivity index (χ0v) is 13.0. The van der Waals surface area contributed by atoms with Crippen molar-refractivity contribution in [3.8, 4) is 5.75 Å². The number of hydrogen-bond acceptors (Lipinski definition) is 4. The minimum atomic E-state index is 0.370. The third-order valence-electron chi connectivity index (χ3n) is 3.43. The van der Waals surface area contributed by atoms with E-state index in [9.17, 15) is 0 Å². The lowest BCUT2D eigenvalue weighted by molar-refractivity contribution is 0.414. The van der Waals surface area contributed by atoms with Crippen LogP contribution in [0.3, 0.4) is 0 Å². The van der Waals surface area contributed by atoms with Crippen LogP contribution >= 0.6 is 0 Å². The molecule has 0 radical (unpaired) electrons. The molecule has 1 aromatic carbocycles. The van der Waals surface area contributed by atoms with E-state index in [0.29, 0.717) is 6.04 Å². The molecular formula is C16H24N4O. The first-order chi connectivity index (χ1) is 10.2. The average Bonchev–Trinajstić information content (AvgIpc) is 2.90. The molecule has 2 rings (SSSR count). The van der Waals surface area contributed by atoms with Crippen molar-refractivity contribution in [1.82, 2.24) is 20.3 Å². The van der Waals surface area contributed by atoms with E-state index >= 15 is 0 Å². The molecule has 5 heteroatoms. The van der Waals surface area contributed by atoms with Crippen LogP contribution < -0.4 is 10.1 Å². The van der Waals surface area contributed by atoms with E-state index in [1.807, 2.05) is 25.4 Å². The van der Waals surface area contributed by atoms with Crippen LogP contribution in [0.1, 0.15) is 24.6 Å². The van der Waals surface area contributed by atoms with Gasteiger partial charge in [-0.25, -0.2) is 0 Å². The van der Waals surface area contributed by atoms with Crippen molar-refractivity contribution in [3.05, 3.63) is 41.7 Å². The van der Waals surface area contributed by atoms with Crippen molar-refractivity contribution in [1.29, 1.82) is 0 Å². The molecule has 21 heavy (non-hydrogen) atoms. The molecule has 2 aromatic rings. The second-order valence-electron chi connectivity index (χ2n) is 5.29. The molecule has 0 spiro atoms. The number of ether oxygens (including phenoxy) is 1. The van der Waals surface area contributed by atoms with Gasteiger partial charge in [-0.15, -0.1) is 5.10 Å². The highest BCUT2D eigenvalue weighted by atomic mass is 16.5. The Morgan fingerprint density at radius 1 is 1.24 bits per heavy atom. The van der Waals surface area contributed by atoms with Crippen LogP contribution in [0.25, 0.3) is 0 Å². The Hall–Kier alpha value is -1.88. The summed E-state index contributed by atoms with van der Waals surface area (Å²) in [7, 11) is 3.59. The van der Waals surface area contributed by atoms with Gasteiger partial charge in [0.15, 0.2) is 0 Å². The minimum Gasteiger partial charge on any atom is -0.497 e. The van der Waals surface area contributed by atoms with E-state index in [2.05, 4.69) is 34.7 Å². The molecule has 1 N–H and O–H groups in total. The minimum absolute atomic E-state index is 0.370. The summed E-state index contributed by atoms with van der Waals surface area (Å²) in [4.78, 5) is 0. The third kappa shape index (κ3) is 4.86. The number of methoxy groups -OCH3 is 1. The molecule has 0 amide bonds. The average molecular weight is 288 g/mol. The Morgan fingerprint density at radius 2 is 2.00 bits per heavy atom. The molecule has 0 aliphatic carbocycles. The summed E-state index contributed by atoms with van der Waals surface area (Å²) in [5.41, 5.74) is 2.33. The molecule has 0 fully saturated rings. The van der Waals surface area contributed by atoms with Gasteiger partial charge in [0.05, 0.1) is 12.8 Å². The maximum absolute atomic E-state index is 5.20. The van der Waals surface area contributed by atoms with Crippen LogP contribution in [-0.4, -0.2) is 34.7 Å². The first-order valence-electron chi connectivity index (χ1n) is 7.42. The second-order valence-corrected chi connectivity index (χ2v) is 5.29. The van der Waals surface area contributed by atoms with Gasteiger partial charge < -0.3 is 10.1 Å².